The number of hydrogen-bond donors (Lipinski definition) is 0. The molecule has 6 nitrogen and oxygen atoms in total. The number of ether oxygens (including phenoxy) is 1. The van der Waals surface area contributed by atoms with Gasteiger partial charge < -0.3 is 19.4 Å². The van der Waals surface area contributed by atoms with E-state index >= 15 is 0 Å². The van der Waals surface area contributed by atoms with Crippen LogP contribution in [0, 0.1) is 5.92 Å². The molecule has 1 spiro atoms. The van der Waals surface area contributed by atoms with E-state index in [-0.39, 0.29) is 11.5 Å². The molecule has 26 heavy (non-hydrogen) atoms. The molecule has 1 aromatic rings. The van der Waals surface area contributed by atoms with Crippen LogP contribution in [0.1, 0.15) is 29.6 Å². The Bertz CT molecular complexity index is 617. The minimum absolute atomic E-state index is 0.0864. The van der Waals surface area contributed by atoms with Crippen molar-refractivity contribution in [3.05, 3.63) is 30.1 Å². The Kier molecular flexibility index (Phi) is 5.25. The van der Waals surface area contributed by atoms with Crippen molar-refractivity contribution < 1.29 is 9.53 Å². The lowest BCUT2D eigenvalue weighted by molar-refractivity contribution is -0.0451. The van der Waals surface area contributed by atoms with Crippen molar-refractivity contribution in [1.82, 2.24) is 19.7 Å². The molecule has 1 aromatic heterocycles. The third-order valence-electron chi connectivity index (χ3n) is 6.13. The van der Waals surface area contributed by atoms with Crippen LogP contribution >= 0.6 is 0 Å². The first-order chi connectivity index (χ1) is 12.6. The molecule has 3 aliphatic rings. The average molecular weight is 358 g/mol. The van der Waals surface area contributed by atoms with E-state index in [1.807, 2.05) is 17.0 Å². The van der Waals surface area contributed by atoms with Gasteiger partial charge in [-0.25, -0.2) is 0 Å². The average Bonchev–Trinajstić information content (AvgIpc) is 3.05. The molecular weight excluding hydrogens is 328 g/mol. The molecule has 0 N–H and O–H groups in total. The fourth-order valence-corrected chi connectivity index (χ4v) is 4.68. The molecule has 4 heterocycles. The van der Waals surface area contributed by atoms with Gasteiger partial charge in [-0.3, -0.25) is 9.78 Å². The van der Waals surface area contributed by atoms with Gasteiger partial charge in [0, 0.05) is 58.2 Å². The zero-order valence-corrected chi connectivity index (χ0v) is 15.8. The van der Waals surface area contributed by atoms with Gasteiger partial charge in [0.1, 0.15) is 0 Å². The summed E-state index contributed by atoms with van der Waals surface area (Å²) in [5, 5.41) is 0. The maximum Gasteiger partial charge on any atom is 0.255 e. The first kappa shape index (κ1) is 17.9. The van der Waals surface area contributed by atoms with Crippen molar-refractivity contribution in [3.63, 3.8) is 0 Å². The van der Waals surface area contributed by atoms with Crippen molar-refractivity contribution in [2.45, 2.75) is 24.9 Å². The number of piperidine rings is 1. The number of pyridine rings is 1. The van der Waals surface area contributed by atoms with Crippen molar-refractivity contribution in [2.24, 2.45) is 5.92 Å². The molecule has 4 rings (SSSR count). The van der Waals surface area contributed by atoms with E-state index in [1.54, 1.807) is 12.4 Å². The van der Waals surface area contributed by atoms with E-state index < -0.39 is 0 Å². The van der Waals surface area contributed by atoms with E-state index in [0.717, 1.165) is 71.7 Å². The van der Waals surface area contributed by atoms with Crippen LogP contribution in [-0.4, -0.2) is 90.7 Å². The van der Waals surface area contributed by atoms with Gasteiger partial charge in [-0.15, -0.1) is 0 Å². The summed E-state index contributed by atoms with van der Waals surface area (Å²) in [6, 6.07) is 3.67. The van der Waals surface area contributed by atoms with Gasteiger partial charge in [-0.05, 0) is 44.4 Å². The monoisotopic (exact) mass is 358 g/mol. The number of piperazine rings is 1. The first-order valence-corrected chi connectivity index (χ1v) is 9.88. The van der Waals surface area contributed by atoms with E-state index in [0.29, 0.717) is 11.5 Å². The fraction of sp³-hybridized carbons (Fsp3) is 0.700. The normalized spacial score (nSPS) is 30.8. The molecule has 3 saturated heterocycles. The first-order valence-electron chi connectivity index (χ1n) is 9.88. The highest BCUT2D eigenvalue weighted by atomic mass is 16.5. The summed E-state index contributed by atoms with van der Waals surface area (Å²) in [7, 11) is 2.20. The van der Waals surface area contributed by atoms with E-state index in [2.05, 4.69) is 21.8 Å². The van der Waals surface area contributed by atoms with Gasteiger partial charge >= 0.3 is 0 Å². The van der Waals surface area contributed by atoms with E-state index in [4.69, 9.17) is 4.74 Å². The summed E-state index contributed by atoms with van der Waals surface area (Å²) >= 11 is 0. The molecule has 3 aliphatic heterocycles. The second-order valence-corrected chi connectivity index (χ2v) is 8.24. The Hall–Kier alpha value is -1.50. The second-order valence-electron chi connectivity index (χ2n) is 8.24. The molecule has 0 aliphatic carbocycles. The summed E-state index contributed by atoms with van der Waals surface area (Å²) in [5.74, 6) is 0.676. The minimum atomic E-state index is -0.132. The maximum atomic E-state index is 12.8. The third-order valence-corrected chi connectivity index (χ3v) is 6.13. The van der Waals surface area contributed by atoms with Gasteiger partial charge in [0.05, 0.1) is 17.8 Å². The smallest absolute Gasteiger partial charge is 0.255 e. The SMILES string of the molecule is CN1CCN(C[C@@H]2CO[C@@]3(CCCN(C(=O)c4cccnc4)C3)C2)CC1. The lowest BCUT2D eigenvalue weighted by atomic mass is 9.86. The molecular formula is C20H30N4O2. The number of hydrogen-bond acceptors (Lipinski definition) is 5. The molecule has 2 atom stereocenters. The van der Waals surface area contributed by atoms with E-state index in [1.165, 1.54) is 0 Å². The van der Waals surface area contributed by atoms with Gasteiger partial charge in [0.25, 0.3) is 5.91 Å². The lowest BCUT2D eigenvalue weighted by Crippen LogP contribution is -2.50. The number of likely N-dealkylation sites (tertiary alicyclic amines) is 1. The molecule has 6 heteroatoms. The summed E-state index contributed by atoms with van der Waals surface area (Å²) in [6.07, 6.45) is 6.54. The highest BCUT2D eigenvalue weighted by molar-refractivity contribution is 5.94. The van der Waals surface area contributed by atoms with E-state index in [9.17, 15) is 4.79 Å². The van der Waals surface area contributed by atoms with Crippen molar-refractivity contribution in [3.8, 4) is 0 Å². The number of amides is 1. The van der Waals surface area contributed by atoms with Gasteiger partial charge in [-0.2, -0.15) is 0 Å². The number of rotatable bonds is 3. The highest BCUT2D eigenvalue weighted by Gasteiger charge is 2.44. The van der Waals surface area contributed by atoms with Crippen LogP contribution in [0.3, 0.4) is 0 Å². The molecule has 0 bridgehead atoms. The predicted octanol–water partition coefficient (Wildman–Crippen LogP) is 1.34. The summed E-state index contributed by atoms with van der Waals surface area (Å²) in [6.45, 7) is 8.14. The molecule has 0 radical (unpaired) electrons. The third kappa shape index (κ3) is 3.92. The number of likely N-dealkylation sites (N-methyl/N-ethyl adjacent to an activating group) is 1. The Morgan fingerprint density at radius 1 is 1.31 bits per heavy atom. The van der Waals surface area contributed by atoms with Gasteiger partial charge in [0.15, 0.2) is 0 Å². The summed E-state index contributed by atoms with van der Waals surface area (Å²) in [5.41, 5.74) is 0.546. The fourth-order valence-electron chi connectivity index (χ4n) is 4.68. The van der Waals surface area contributed by atoms with Crippen LogP contribution in [0.2, 0.25) is 0 Å². The maximum absolute atomic E-state index is 12.8. The number of nitrogens with zero attached hydrogens (tertiary/aromatic N) is 4. The zero-order chi connectivity index (χ0) is 18.0. The second kappa shape index (κ2) is 7.62. The van der Waals surface area contributed by atoms with Crippen LogP contribution in [-0.2, 0) is 4.74 Å². The van der Waals surface area contributed by atoms with Crippen LogP contribution < -0.4 is 0 Å². The molecule has 0 saturated carbocycles. The standard InChI is InChI=1S/C20H30N4O2/c1-22-8-10-23(11-9-22)14-17-12-20(26-15-17)5-3-7-24(16-20)19(25)18-4-2-6-21-13-18/h2,4,6,13,17H,3,5,7-12,14-16H2,1H3/t17-,20+/m1/s1. The van der Waals surface area contributed by atoms with Crippen LogP contribution in [0.15, 0.2) is 24.5 Å². The lowest BCUT2D eigenvalue weighted by Gasteiger charge is -2.40. The quantitative estimate of drug-likeness (QED) is 0.816. The largest absolute Gasteiger partial charge is 0.373 e. The topological polar surface area (TPSA) is 48.9 Å². The van der Waals surface area contributed by atoms with Crippen LogP contribution in [0.25, 0.3) is 0 Å². The Balaban J connectivity index is 1.34. The molecule has 142 valence electrons. The Morgan fingerprint density at radius 3 is 2.92 bits per heavy atom. The van der Waals surface area contributed by atoms with Crippen LogP contribution in [0.4, 0.5) is 0 Å². The number of carbonyl (C=O) groups is 1. The summed E-state index contributed by atoms with van der Waals surface area (Å²) < 4.78 is 6.33. The number of aromatic nitrogens is 1. The predicted molar refractivity (Wildman–Crippen MR) is 100 cm³/mol. The molecule has 1 amide bonds. The van der Waals surface area contributed by atoms with Crippen molar-refractivity contribution >= 4 is 5.91 Å². The van der Waals surface area contributed by atoms with Crippen molar-refractivity contribution in [1.29, 1.82) is 0 Å². The molecule has 0 unspecified atom stereocenters. The Labute approximate surface area is 156 Å². The van der Waals surface area contributed by atoms with Crippen molar-refractivity contribution in [2.75, 3.05) is 59.5 Å². The van der Waals surface area contributed by atoms with Gasteiger partial charge in [0.2, 0.25) is 0 Å². The van der Waals surface area contributed by atoms with Crippen LogP contribution in [0.5, 0.6) is 0 Å². The number of carbonyl (C=O) groups excluding carboxylic acids is 1. The minimum Gasteiger partial charge on any atom is -0.373 e. The molecule has 0 aromatic carbocycles. The summed E-state index contributed by atoms with van der Waals surface area (Å²) in [4.78, 5) is 23.8. The zero-order valence-electron chi connectivity index (χ0n) is 15.8. The van der Waals surface area contributed by atoms with Gasteiger partial charge in [-0.1, -0.05) is 0 Å². The molecule has 3 fully saturated rings. The highest BCUT2D eigenvalue weighted by Crippen LogP contribution is 2.38. The Morgan fingerprint density at radius 2 is 2.15 bits per heavy atom.